The molecule has 3 heterocycles. The molecule has 2 amide bonds. The van der Waals surface area contributed by atoms with Crippen molar-refractivity contribution in [1.29, 1.82) is 0 Å². The fraction of sp³-hybridized carbons (Fsp3) is 0.533. The quantitative estimate of drug-likeness (QED) is 0.848. The molecule has 0 aliphatic carbocycles. The highest BCUT2D eigenvalue weighted by atomic mass is 32.1. The third-order valence-electron chi connectivity index (χ3n) is 3.81. The van der Waals surface area contributed by atoms with Crippen molar-refractivity contribution in [3.63, 3.8) is 0 Å². The van der Waals surface area contributed by atoms with Gasteiger partial charge in [-0.05, 0) is 24.3 Å². The molecule has 1 N–H and O–H groups in total. The van der Waals surface area contributed by atoms with E-state index in [-0.39, 0.29) is 11.9 Å². The molecule has 8 heteroatoms. The molecule has 2 aromatic heterocycles. The summed E-state index contributed by atoms with van der Waals surface area (Å²) < 4.78 is 10.7. The van der Waals surface area contributed by atoms with Crippen LogP contribution in [0.2, 0.25) is 0 Å². The number of ether oxygens (including phenoxy) is 1. The second-order valence-corrected chi connectivity index (χ2v) is 6.38. The SMILES string of the molecule is COCCNC(=O)N1CCCC(c2nnc(-c3cccs3)o2)C1. The molecule has 1 fully saturated rings. The van der Waals surface area contributed by atoms with E-state index in [2.05, 4.69) is 15.5 Å². The fourth-order valence-corrected chi connectivity index (χ4v) is 3.28. The molecule has 1 unspecified atom stereocenters. The van der Waals surface area contributed by atoms with Crippen LogP contribution in [-0.4, -0.2) is 54.5 Å². The van der Waals surface area contributed by atoms with Crippen molar-refractivity contribution in [2.75, 3.05) is 33.4 Å². The average Bonchev–Trinajstić information content (AvgIpc) is 3.26. The monoisotopic (exact) mass is 336 g/mol. The zero-order valence-electron chi connectivity index (χ0n) is 13.0. The van der Waals surface area contributed by atoms with E-state index >= 15 is 0 Å². The first-order chi connectivity index (χ1) is 11.3. The molecule has 0 aromatic carbocycles. The van der Waals surface area contributed by atoms with Crippen LogP contribution >= 0.6 is 11.3 Å². The van der Waals surface area contributed by atoms with Crippen LogP contribution in [0.4, 0.5) is 4.79 Å². The zero-order valence-corrected chi connectivity index (χ0v) is 13.8. The molecule has 0 saturated carbocycles. The van der Waals surface area contributed by atoms with Crippen LogP contribution < -0.4 is 5.32 Å². The van der Waals surface area contributed by atoms with Gasteiger partial charge in [0.25, 0.3) is 5.89 Å². The van der Waals surface area contributed by atoms with E-state index in [9.17, 15) is 4.79 Å². The summed E-state index contributed by atoms with van der Waals surface area (Å²) in [6.45, 7) is 2.38. The first-order valence-corrected chi connectivity index (χ1v) is 8.55. The van der Waals surface area contributed by atoms with Crippen LogP contribution in [0.1, 0.15) is 24.7 Å². The Morgan fingerprint density at radius 2 is 2.48 bits per heavy atom. The molecular weight excluding hydrogens is 316 g/mol. The first-order valence-electron chi connectivity index (χ1n) is 7.67. The Labute approximate surface area is 138 Å². The van der Waals surface area contributed by atoms with Gasteiger partial charge in [-0.2, -0.15) is 0 Å². The number of carbonyl (C=O) groups is 1. The van der Waals surface area contributed by atoms with Gasteiger partial charge in [-0.15, -0.1) is 21.5 Å². The molecule has 1 aliphatic heterocycles. The summed E-state index contributed by atoms with van der Waals surface area (Å²) in [7, 11) is 1.61. The number of hydrogen-bond donors (Lipinski definition) is 1. The number of nitrogens with one attached hydrogen (secondary N) is 1. The van der Waals surface area contributed by atoms with Crippen molar-refractivity contribution in [1.82, 2.24) is 20.4 Å². The van der Waals surface area contributed by atoms with Crippen molar-refractivity contribution >= 4 is 17.4 Å². The third-order valence-corrected chi connectivity index (χ3v) is 4.67. The number of rotatable bonds is 5. The van der Waals surface area contributed by atoms with E-state index in [4.69, 9.17) is 9.15 Å². The summed E-state index contributed by atoms with van der Waals surface area (Å²) in [5.41, 5.74) is 0. The lowest BCUT2D eigenvalue weighted by atomic mass is 9.98. The fourth-order valence-electron chi connectivity index (χ4n) is 2.63. The summed E-state index contributed by atoms with van der Waals surface area (Å²) in [5.74, 6) is 1.26. The van der Waals surface area contributed by atoms with Crippen LogP contribution in [-0.2, 0) is 4.74 Å². The van der Waals surface area contributed by atoms with Crippen molar-refractivity contribution in [3.8, 4) is 10.8 Å². The largest absolute Gasteiger partial charge is 0.420 e. The molecule has 1 saturated heterocycles. The van der Waals surface area contributed by atoms with Crippen LogP contribution in [0.5, 0.6) is 0 Å². The number of methoxy groups -OCH3 is 1. The molecule has 7 nitrogen and oxygen atoms in total. The van der Waals surface area contributed by atoms with E-state index < -0.39 is 0 Å². The van der Waals surface area contributed by atoms with Crippen molar-refractivity contribution in [2.24, 2.45) is 0 Å². The maximum Gasteiger partial charge on any atom is 0.317 e. The van der Waals surface area contributed by atoms with Crippen molar-refractivity contribution in [3.05, 3.63) is 23.4 Å². The first kappa shape index (κ1) is 15.9. The molecule has 124 valence electrons. The molecule has 1 atom stereocenters. The topological polar surface area (TPSA) is 80.5 Å². The molecule has 1 aliphatic rings. The van der Waals surface area contributed by atoms with E-state index in [1.807, 2.05) is 17.5 Å². The molecule has 0 radical (unpaired) electrons. The Bertz CT molecular complexity index is 628. The average molecular weight is 336 g/mol. The number of nitrogens with zero attached hydrogens (tertiary/aromatic N) is 3. The Morgan fingerprint density at radius 1 is 1.57 bits per heavy atom. The summed E-state index contributed by atoms with van der Waals surface area (Å²) >= 11 is 1.57. The van der Waals surface area contributed by atoms with Gasteiger partial charge >= 0.3 is 6.03 Å². The van der Waals surface area contributed by atoms with Crippen molar-refractivity contribution in [2.45, 2.75) is 18.8 Å². The van der Waals surface area contributed by atoms with Gasteiger partial charge < -0.3 is 19.4 Å². The maximum absolute atomic E-state index is 12.1. The number of thiophene rings is 1. The predicted molar refractivity (Wildman–Crippen MR) is 86.4 cm³/mol. The van der Waals surface area contributed by atoms with Gasteiger partial charge in [0.05, 0.1) is 17.4 Å². The second kappa shape index (κ2) is 7.56. The van der Waals surface area contributed by atoms with Crippen LogP contribution in [0, 0.1) is 0 Å². The lowest BCUT2D eigenvalue weighted by Crippen LogP contribution is -2.45. The highest BCUT2D eigenvalue weighted by Crippen LogP contribution is 2.29. The number of piperidine rings is 1. The number of likely N-dealkylation sites (tertiary alicyclic amines) is 1. The van der Waals surface area contributed by atoms with E-state index in [1.165, 1.54) is 0 Å². The van der Waals surface area contributed by atoms with Gasteiger partial charge in [0.1, 0.15) is 0 Å². The Hall–Kier alpha value is -1.93. The molecule has 23 heavy (non-hydrogen) atoms. The maximum atomic E-state index is 12.1. The number of aromatic nitrogens is 2. The van der Waals surface area contributed by atoms with Crippen LogP contribution in [0.15, 0.2) is 21.9 Å². The lowest BCUT2D eigenvalue weighted by molar-refractivity contribution is 0.164. The van der Waals surface area contributed by atoms with E-state index in [0.29, 0.717) is 31.5 Å². The molecule has 0 spiro atoms. The number of hydrogen-bond acceptors (Lipinski definition) is 6. The second-order valence-electron chi connectivity index (χ2n) is 5.43. The smallest absolute Gasteiger partial charge is 0.317 e. The molecule has 0 bridgehead atoms. The van der Waals surface area contributed by atoms with E-state index in [0.717, 1.165) is 24.3 Å². The van der Waals surface area contributed by atoms with Crippen LogP contribution in [0.25, 0.3) is 10.8 Å². The minimum Gasteiger partial charge on any atom is -0.420 e. The minimum absolute atomic E-state index is 0.0651. The zero-order chi connectivity index (χ0) is 16.1. The van der Waals surface area contributed by atoms with Gasteiger partial charge in [-0.1, -0.05) is 6.07 Å². The summed E-state index contributed by atoms with van der Waals surface area (Å²) in [6.07, 6.45) is 1.88. The predicted octanol–water partition coefficient (Wildman–Crippen LogP) is 2.33. The summed E-state index contributed by atoms with van der Waals surface area (Å²) in [6, 6.07) is 3.85. The molecular formula is C15H20N4O3S. The van der Waals surface area contributed by atoms with Gasteiger partial charge in [0.2, 0.25) is 5.89 Å². The molecule has 2 aromatic rings. The van der Waals surface area contributed by atoms with Crippen molar-refractivity contribution < 1.29 is 13.9 Å². The number of urea groups is 1. The van der Waals surface area contributed by atoms with Gasteiger partial charge in [-0.25, -0.2) is 4.79 Å². The molecule has 3 rings (SSSR count). The standard InChI is InChI=1S/C15H20N4O3S/c1-21-8-6-16-15(20)19-7-2-4-11(10-19)13-17-18-14(22-13)12-5-3-9-23-12/h3,5,9,11H,2,4,6-8,10H2,1H3,(H,16,20). The minimum atomic E-state index is -0.0651. The van der Waals surface area contributed by atoms with E-state index in [1.54, 1.807) is 23.3 Å². The van der Waals surface area contributed by atoms with Gasteiger partial charge in [0.15, 0.2) is 0 Å². The summed E-state index contributed by atoms with van der Waals surface area (Å²) in [4.78, 5) is 14.9. The Kier molecular flexibility index (Phi) is 5.24. The lowest BCUT2D eigenvalue weighted by Gasteiger charge is -2.31. The Balaban J connectivity index is 1.61. The number of amides is 2. The van der Waals surface area contributed by atoms with Gasteiger partial charge in [-0.3, -0.25) is 0 Å². The normalized spacial score (nSPS) is 18.1. The number of carbonyl (C=O) groups excluding carboxylic acids is 1. The highest BCUT2D eigenvalue weighted by Gasteiger charge is 2.28. The third kappa shape index (κ3) is 3.89. The highest BCUT2D eigenvalue weighted by molar-refractivity contribution is 7.13. The Morgan fingerprint density at radius 3 is 3.26 bits per heavy atom. The summed E-state index contributed by atoms with van der Waals surface area (Å²) in [5, 5.41) is 13.1. The van der Waals surface area contributed by atoms with Gasteiger partial charge in [0, 0.05) is 26.7 Å². The van der Waals surface area contributed by atoms with Crippen LogP contribution in [0.3, 0.4) is 0 Å².